The van der Waals surface area contributed by atoms with Crippen molar-refractivity contribution < 1.29 is 29.0 Å². The van der Waals surface area contributed by atoms with E-state index in [0.29, 0.717) is 19.4 Å². The number of hydrogen-bond donors (Lipinski definition) is 3. The number of aliphatic carboxylic acids is 1. The quantitative estimate of drug-likeness (QED) is 0.197. The first-order valence-electron chi connectivity index (χ1n) is 15.5. The van der Waals surface area contributed by atoms with Crippen LogP contribution in [0.2, 0.25) is 0 Å². The Bertz CT molecular complexity index is 1220. The second-order valence-electron chi connectivity index (χ2n) is 11.5. The molecule has 0 aromatic carbocycles. The van der Waals surface area contributed by atoms with Crippen LogP contribution >= 0.6 is 0 Å². The fraction of sp³-hybridized carbons (Fsp3) is 0.700. The summed E-state index contributed by atoms with van der Waals surface area (Å²) in [4.78, 5) is 63.4. The van der Waals surface area contributed by atoms with Crippen molar-refractivity contribution in [2.75, 3.05) is 32.1 Å². The van der Waals surface area contributed by atoms with Gasteiger partial charge in [-0.2, -0.15) is 0 Å². The fourth-order valence-electron chi connectivity index (χ4n) is 4.82. The Balaban J connectivity index is 0.000000651. The summed E-state index contributed by atoms with van der Waals surface area (Å²) < 4.78 is 7.35. The van der Waals surface area contributed by atoms with Gasteiger partial charge in [0.1, 0.15) is 24.7 Å². The zero-order valence-electron chi connectivity index (χ0n) is 26.9. The van der Waals surface area contributed by atoms with Gasteiger partial charge >= 0.3 is 12.1 Å². The number of likely N-dealkylation sites (tertiary alicyclic amines) is 1. The van der Waals surface area contributed by atoms with Crippen molar-refractivity contribution >= 4 is 41.2 Å². The Morgan fingerprint density at radius 2 is 1.84 bits per heavy atom. The number of unbranched alkanes of at least 4 members (excludes halogenated alkanes) is 2. The number of carboxylic acids is 1. The zero-order chi connectivity index (χ0) is 32.8. The van der Waals surface area contributed by atoms with Gasteiger partial charge in [-0.25, -0.2) is 19.7 Å². The Hall–Kier alpha value is -3.81. The van der Waals surface area contributed by atoms with E-state index in [1.807, 2.05) is 51.3 Å². The predicted octanol–water partition coefficient (Wildman–Crippen LogP) is 2.84. The first kappa shape index (κ1) is 36.4. The van der Waals surface area contributed by atoms with Crippen molar-refractivity contribution in [3.63, 3.8) is 0 Å². The summed E-state index contributed by atoms with van der Waals surface area (Å²) in [5.41, 5.74) is 6.85. The lowest BCUT2D eigenvalue weighted by Crippen LogP contribution is -2.53. The number of alkyl carbamates (subject to hydrolysis) is 1. The molecule has 1 saturated heterocycles. The maximum absolute atomic E-state index is 13.0. The lowest BCUT2D eigenvalue weighted by Gasteiger charge is -2.29. The number of rotatable bonds is 15. The molecule has 14 heteroatoms. The molecular formula is C30H50N8O6. The summed E-state index contributed by atoms with van der Waals surface area (Å²) >= 11 is 0. The lowest BCUT2D eigenvalue weighted by atomic mass is 9.97. The van der Waals surface area contributed by atoms with Crippen LogP contribution in [0.4, 0.5) is 10.6 Å². The second kappa shape index (κ2) is 18.1. The Morgan fingerprint density at radius 1 is 1.14 bits per heavy atom. The van der Waals surface area contributed by atoms with Gasteiger partial charge in [0.2, 0.25) is 5.91 Å². The maximum Gasteiger partial charge on any atom is 0.407 e. The Labute approximate surface area is 259 Å². The van der Waals surface area contributed by atoms with E-state index in [9.17, 15) is 19.2 Å². The maximum atomic E-state index is 13.0. The van der Waals surface area contributed by atoms with E-state index in [2.05, 4.69) is 20.3 Å². The molecule has 3 rings (SSSR count). The molecule has 246 valence electrons. The highest BCUT2D eigenvalue weighted by molar-refractivity contribution is 5.88. The van der Waals surface area contributed by atoms with Crippen LogP contribution in [0.3, 0.4) is 0 Å². The number of aromatic nitrogens is 4. The summed E-state index contributed by atoms with van der Waals surface area (Å²) in [6.45, 7) is 9.21. The number of amides is 2. The van der Waals surface area contributed by atoms with Crippen molar-refractivity contribution in [1.29, 1.82) is 0 Å². The molecule has 1 aliphatic heterocycles. The number of nitrogens with two attached hydrogens (primary N) is 1. The molecule has 0 spiro atoms. The van der Waals surface area contributed by atoms with Gasteiger partial charge in [-0.3, -0.25) is 9.59 Å². The minimum Gasteiger partial charge on any atom is -0.480 e. The van der Waals surface area contributed by atoms with E-state index < -0.39 is 30.2 Å². The number of nitrogens with one attached hydrogen (secondary N) is 1. The molecule has 3 heterocycles. The first-order chi connectivity index (χ1) is 21.0. The molecule has 1 fully saturated rings. The number of carboxylic acid groups (broad SMARTS) is 1. The molecule has 44 heavy (non-hydrogen) atoms. The largest absolute Gasteiger partial charge is 0.480 e. The number of carbonyl (C=O) groups is 4. The van der Waals surface area contributed by atoms with Crippen molar-refractivity contribution in [1.82, 2.24) is 29.7 Å². The number of imidazole rings is 1. The Kier molecular flexibility index (Phi) is 15.0. The number of carbonyl (C=O) groups excluding carboxylic acids is 3. The molecular weight excluding hydrogens is 568 g/mol. The van der Waals surface area contributed by atoms with Crippen molar-refractivity contribution in [2.24, 2.45) is 17.6 Å². The van der Waals surface area contributed by atoms with Crippen LogP contribution in [0, 0.1) is 11.8 Å². The SMILES string of the molecule is CCC(C)C(N)C(=O)O.CCC(C)C(NC(=O)OCCCCCn1cnc2c(N(C)C)ncnc21)C(=O)N1CCCC1C=O. The number of aryl methyl sites for hydroxylation is 1. The van der Waals surface area contributed by atoms with Crippen molar-refractivity contribution in [2.45, 2.75) is 97.3 Å². The van der Waals surface area contributed by atoms with Gasteiger partial charge < -0.3 is 40.1 Å². The highest BCUT2D eigenvalue weighted by Gasteiger charge is 2.36. The smallest absolute Gasteiger partial charge is 0.407 e. The van der Waals surface area contributed by atoms with Crippen LogP contribution in [0.5, 0.6) is 0 Å². The normalized spacial score (nSPS) is 17.2. The molecule has 14 nitrogen and oxygen atoms in total. The number of nitrogens with zero attached hydrogens (tertiary/aromatic N) is 6. The van der Waals surface area contributed by atoms with E-state index in [0.717, 1.165) is 61.9 Å². The molecule has 2 aromatic heterocycles. The molecule has 5 atom stereocenters. The number of ether oxygens (including phenoxy) is 1. The third-order valence-electron chi connectivity index (χ3n) is 8.12. The average molecular weight is 619 g/mol. The van der Waals surface area contributed by atoms with Crippen LogP contribution in [-0.4, -0.2) is 99.2 Å². The number of fused-ring (bicyclic) bond motifs is 1. The average Bonchev–Trinajstić information content (AvgIpc) is 3.67. The third-order valence-corrected chi connectivity index (χ3v) is 8.12. The number of aldehydes is 1. The summed E-state index contributed by atoms with van der Waals surface area (Å²) in [7, 11) is 3.85. The van der Waals surface area contributed by atoms with Gasteiger partial charge in [-0.05, 0) is 43.9 Å². The van der Waals surface area contributed by atoms with E-state index >= 15 is 0 Å². The predicted molar refractivity (Wildman–Crippen MR) is 167 cm³/mol. The standard InChI is InChI=1S/C24H37N7O4.C6H13NO2/c1-5-17(2)19(23(33)31-12-9-10-18(31)14-32)28-24(34)35-13-8-6-7-11-30-16-27-20-21(29(3)4)25-15-26-22(20)30;1-3-4(2)5(7)6(8)9/h14-19H,5-13H2,1-4H3,(H,28,34);4-5H,3,7H2,1-2H3,(H,8,9). The summed E-state index contributed by atoms with van der Waals surface area (Å²) in [6.07, 6.45) is 9.00. The molecule has 2 aromatic rings. The van der Waals surface area contributed by atoms with E-state index in [4.69, 9.17) is 15.6 Å². The molecule has 2 amide bonds. The zero-order valence-corrected chi connectivity index (χ0v) is 26.9. The van der Waals surface area contributed by atoms with E-state index in [1.165, 1.54) is 0 Å². The summed E-state index contributed by atoms with van der Waals surface area (Å²) in [5.74, 6) is -0.329. The van der Waals surface area contributed by atoms with Gasteiger partial charge in [0, 0.05) is 27.2 Å². The van der Waals surface area contributed by atoms with Crippen LogP contribution in [0.25, 0.3) is 11.2 Å². The molecule has 0 bridgehead atoms. The lowest BCUT2D eigenvalue weighted by molar-refractivity contribution is -0.139. The molecule has 5 unspecified atom stereocenters. The third kappa shape index (κ3) is 10.1. The van der Waals surface area contributed by atoms with Crippen molar-refractivity contribution in [3.8, 4) is 0 Å². The summed E-state index contributed by atoms with van der Waals surface area (Å²) in [5, 5.41) is 11.1. The van der Waals surface area contributed by atoms with Gasteiger partial charge in [-0.15, -0.1) is 0 Å². The highest BCUT2D eigenvalue weighted by atomic mass is 16.5. The second-order valence-corrected chi connectivity index (χ2v) is 11.5. The molecule has 4 N–H and O–H groups in total. The van der Waals surface area contributed by atoms with Gasteiger partial charge in [0.15, 0.2) is 17.0 Å². The van der Waals surface area contributed by atoms with Crippen molar-refractivity contribution in [3.05, 3.63) is 12.7 Å². The van der Waals surface area contributed by atoms with Crippen LogP contribution in [-0.2, 0) is 25.7 Å². The minimum absolute atomic E-state index is 0.0650. The number of anilines is 1. The van der Waals surface area contributed by atoms with E-state index in [-0.39, 0.29) is 24.3 Å². The topological polar surface area (TPSA) is 186 Å². The van der Waals surface area contributed by atoms with Crippen LogP contribution < -0.4 is 16.0 Å². The monoisotopic (exact) mass is 618 g/mol. The highest BCUT2D eigenvalue weighted by Crippen LogP contribution is 2.21. The first-order valence-corrected chi connectivity index (χ1v) is 15.5. The number of hydrogen-bond acceptors (Lipinski definition) is 10. The molecule has 0 radical (unpaired) electrons. The van der Waals surface area contributed by atoms with E-state index in [1.54, 1.807) is 17.6 Å². The van der Waals surface area contributed by atoms with Gasteiger partial charge in [-0.1, -0.05) is 40.5 Å². The van der Waals surface area contributed by atoms with Crippen LogP contribution in [0.1, 0.15) is 72.6 Å². The van der Waals surface area contributed by atoms with Gasteiger partial charge in [0.05, 0.1) is 19.0 Å². The molecule has 0 saturated carbocycles. The molecule has 0 aliphatic carbocycles. The fourth-order valence-corrected chi connectivity index (χ4v) is 4.82. The summed E-state index contributed by atoms with van der Waals surface area (Å²) in [6, 6.07) is -1.80. The molecule has 1 aliphatic rings. The van der Waals surface area contributed by atoms with Crippen LogP contribution in [0.15, 0.2) is 12.7 Å². The minimum atomic E-state index is -0.913. The Morgan fingerprint density at radius 3 is 2.43 bits per heavy atom. The van der Waals surface area contributed by atoms with Gasteiger partial charge in [0.25, 0.3) is 0 Å².